The van der Waals surface area contributed by atoms with Gasteiger partial charge in [-0.3, -0.25) is 9.78 Å². The van der Waals surface area contributed by atoms with Gasteiger partial charge in [0, 0.05) is 24.0 Å². The number of rotatable bonds is 3. The highest BCUT2D eigenvalue weighted by molar-refractivity contribution is 5.83. The molecule has 1 aromatic carbocycles. The quantitative estimate of drug-likeness (QED) is 0.877. The van der Waals surface area contributed by atoms with Crippen LogP contribution < -0.4 is 5.32 Å². The number of nitrogens with zero attached hydrogens (tertiary/aromatic N) is 1. The maximum Gasteiger partial charge on any atom is 0.222 e. The molecule has 3 nitrogen and oxygen atoms in total. The summed E-state index contributed by atoms with van der Waals surface area (Å²) in [7, 11) is 0. The zero-order valence-electron chi connectivity index (χ0n) is 10.1. The van der Waals surface area contributed by atoms with Crippen LogP contribution in [0.1, 0.15) is 19.4 Å². The molecule has 0 atom stereocenters. The summed E-state index contributed by atoms with van der Waals surface area (Å²) in [5.41, 5.74) is 2.06. The molecule has 0 unspecified atom stereocenters. The molecule has 0 aliphatic rings. The lowest BCUT2D eigenvalue weighted by Crippen LogP contribution is -2.27. The van der Waals surface area contributed by atoms with Crippen molar-refractivity contribution in [3.8, 4) is 0 Å². The first-order chi connectivity index (χ1) is 8.18. The van der Waals surface area contributed by atoms with Crippen LogP contribution in [0.2, 0.25) is 0 Å². The first-order valence-corrected chi connectivity index (χ1v) is 5.79. The normalized spacial score (nSPS) is 10.8. The van der Waals surface area contributed by atoms with Crippen molar-refractivity contribution in [3.05, 3.63) is 42.1 Å². The molecule has 1 aromatic heterocycles. The Kier molecular flexibility index (Phi) is 3.38. The van der Waals surface area contributed by atoms with Crippen molar-refractivity contribution in [2.75, 3.05) is 0 Å². The predicted molar refractivity (Wildman–Crippen MR) is 68.4 cm³/mol. The molecule has 0 aliphatic carbocycles. The van der Waals surface area contributed by atoms with Crippen LogP contribution in [-0.4, -0.2) is 10.9 Å². The second-order valence-electron chi connectivity index (χ2n) is 4.36. The minimum Gasteiger partial charge on any atom is -0.352 e. The number of para-hydroxylation sites is 1. The highest BCUT2D eigenvalue weighted by Crippen LogP contribution is 2.15. The number of hydrogen-bond acceptors (Lipinski definition) is 2. The summed E-state index contributed by atoms with van der Waals surface area (Å²) in [6.45, 7) is 4.33. The van der Waals surface area contributed by atoms with Crippen molar-refractivity contribution >= 4 is 16.8 Å². The Hall–Kier alpha value is -1.90. The Morgan fingerprint density at radius 2 is 2.06 bits per heavy atom. The lowest BCUT2D eigenvalue weighted by atomic mass is 10.1. The van der Waals surface area contributed by atoms with E-state index in [0.717, 1.165) is 16.5 Å². The number of nitrogens with one attached hydrogen (secondary N) is 1. The molecule has 2 aromatic rings. The molecule has 0 radical (unpaired) electrons. The highest BCUT2D eigenvalue weighted by Gasteiger charge is 2.07. The van der Waals surface area contributed by atoms with Crippen LogP contribution in [0, 0.1) is 5.92 Å². The Bertz CT molecular complexity index is 529. The molecule has 0 saturated heterocycles. The van der Waals surface area contributed by atoms with Gasteiger partial charge in [-0.1, -0.05) is 32.0 Å². The standard InChI is InChI=1S/C14H16N2O/c1-10(2)14(17)16-9-11-7-8-15-13-6-4-3-5-12(11)13/h3-8,10H,9H2,1-2H3,(H,16,17). The molecule has 2 rings (SSSR count). The number of pyridine rings is 1. The molecule has 1 N–H and O–H groups in total. The van der Waals surface area contributed by atoms with Crippen LogP contribution in [-0.2, 0) is 11.3 Å². The monoisotopic (exact) mass is 228 g/mol. The van der Waals surface area contributed by atoms with Crippen molar-refractivity contribution in [2.45, 2.75) is 20.4 Å². The van der Waals surface area contributed by atoms with E-state index in [4.69, 9.17) is 0 Å². The van der Waals surface area contributed by atoms with Gasteiger partial charge >= 0.3 is 0 Å². The van der Waals surface area contributed by atoms with Crippen LogP contribution in [0.3, 0.4) is 0 Å². The van der Waals surface area contributed by atoms with Gasteiger partial charge < -0.3 is 5.32 Å². The summed E-state index contributed by atoms with van der Waals surface area (Å²) >= 11 is 0. The third-order valence-electron chi connectivity index (χ3n) is 2.72. The zero-order valence-corrected chi connectivity index (χ0v) is 10.1. The Labute approximate surface area is 101 Å². The molecule has 3 heteroatoms. The first kappa shape index (κ1) is 11.6. The fraction of sp³-hybridized carbons (Fsp3) is 0.286. The van der Waals surface area contributed by atoms with Crippen molar-refractivity contribution < 1.29 is 4.79 Å². The summed E-state index contributed by atoms with van der Waals surface area (Å²) < 4.78 is 0. The van der Waals surface area contributed by atoms with Gasteiger partial charge in [-0.15, -0.1) is 0 Å². The fourth-order valence-electron chi connectivity index (χ4n) is 1.70. The second kappa shape index (κ2) is 4.95. The lowest BCUT2D eigenvalue weighted by molar-refractivity contribution is -0.124. The zero-order chi connectivity index (χ0) is 12.3. The topological polar surface area (TPSA) is 42.0 Å². The van der Waals surface area contributed by atoms with E-state index in [-0.39, 0.29) is 11.8 Å². The maximum absolute atomic E-state index is 11.5. The average Bonchev–Trinajstić information content (AvgIpc) is 2.35. The third kappa shape index (κ3) is 2.61. The van der Waals surface area contributed by atoms with Gasteiger partial charge in [0.1, 0.15) is 0 Å². The number of carbonyl (C=O) groups is 1. The van der Waals surface area contributed by atoms with Gasteiger partial charge in [-0.2, -0.15) is 0 Å². The molecular formula is C14H16N2O. The molecule has 17 heavy (non-hydrogen) atoms. The van der Waals surface area contributed by atoms with Crippen molar-refractivity contribution in [1.29, 1.82) is 0 Å². The lowest BCUT2D eigenvalue weighted by Gasteiger charge is -2.09. The van der Waals surface area contributed by atoms with E-state index >= 15 is 0 Å². The molecule has 0 aliphatic heterocycles. The van der Waals surface area contributed by atoms with E-state index in [1.807, 2.05) is 44.2 Å². The first-order valence-electron chi connectivity index (χ1n) is 5.79. The summed E-state index contributed by atoms with van der Waals surface area (Å²) in [6, 6.07) is 9.90. The number of benzene rings is 1. The Balaban J connectivity index is 2.21. The van der Waals surface area contributed by atoms with E-state index in [9.17, 15) is 4.79 Å². The van der Waals surface area contributed by atoms with Gasteiger partial charge in [0.05, 0.1) is 5.52 Å². The molecule has 0 bridgehead atoms. The van der Waals surface area contributed by atoms with E-state index < -0.39 is 0 Å². The molecule has 0 saturated carbocycles. The minimum absolute atomic E-state index is 0.0168. The molecule has 0 spiro atoms. The Morgan fingerprint density at radius 3 is 2.82 bits per heavy atom. The molecule has 0 fully saturated rings. The number of aromatic nitrogens is 1. The largest absolute Gasteiger partial charge is 0.352 e. The van der Waals surface area contributed by atoms with Crippen molar-refractivity contribution in [3.63, 3.8) is 0 Å². The van der Waals surface area contributed by atoms with Crippen LogP contribution in [0.15, 0.2) is 36.5 Å². The van der Waals surface area contributed by atoms with E-state index in [1.54, 1.807) is 6.20 Å². The molecule has 1 amide bonds. The van der Waals surface area contributed by atoms with Crippen molar-refractivity contribution in [2.24, 2.45) is 5.92 Å². The van der Waals surface area contributed by atoms with Crippen LogP contribution in [0.4, 0.5) is 0 Å². The smallest absolute Gasteiger partial charge is 0.222 e. The maximum atomic E-state index is 11.5. The predicted octanol–water partition coefficient (Wildman–Crippen LogP) is 2.51. The van der Waals surface area contributed by atoms with Gasteiger partial charge in [0.25, 0.3) is 0 Å². The van der Waals surface area contributed by atoms with E-state index in [0.29, 0.717) is 6.54 Å². The van der Waals surface area contributed by atoms with Gasteiger partial charge in [0.2, 0.25) is 5.91 Å². The second-order valence-corrected chi connectivity index (χ2v) is 4.36. The minimum atomic E-state index is 0.0168. The summed E-state index contributed by atoms with van der Waals surface area (Å²) in [4.78, 5) is 15.8. The van der Waals surface area contributed by atoms with Gasteiger partial charge in [0.15, 0.2) is 0 Å². The number of fused-ring (bicyclic) bond motifs is 1. The van der Waals surface area contributed by atoms with Crippen molar-refractivity contribution in [1.82, 2.24) is 10.3 Å². The van der Waals surface area contributed by atoms with Gasteiger partial charge in [-0.25, -0.2) is 0 Å². The van der Waals surface area contributed by atoms with Crippen LogP contribution in [0.5, 0.6) is 0 Å². The molecular weight excluding hydrogens is 212 g/mol. The highest BCUT2D eigenvalue weighted by atomic mass is 16.1. The number of amides is 1. The summed E-state index contributed by atoms with van der Waals surface area (Å²) in [5.74, 6) is 0.0917. The van der Waals surface area contributed by atoms with E-state index in [1.165, 1.54) is 0 Å². The average molecular weight is 228 g/mol. The third-order valence-corrected chi connectivity index (χ3v) is 2.72. The van der Waals surface area contributed by atoms with Gasteiger partial charge in [-0.05, 0) is 17.7 Å². The molecule has 1 heterocycles. The Morgan fingerprint density at radius 1 is 1.29 bits per heavy atom. The summed E-state index contributed by atoms with van der Waals surface area (Å²) in [6.07, 6.45) is 1.78. The number of hydrogen-bond donors (Lipinski definition) is 1. The SMILES string of the molecule is CC(C)C(=O)NCc1ccnc2ccccc12. The summed E-state index contributed by atoms with van der Waals surface area (Å²) in [5, 5.41) is 4.02. The van der Waals surface area contributed by atoms with Crippen LogP contribution in [0.25, 0.3) is 10.9 Å². The van der Waals surface area contributed by atoms with Crippen LogP contribution >= 0.6 is 0 Å². The fourth-order valence-corrected chi connectivity index (χ4v) is 1.70. The van der Waals surface area contributed by atoms with E-state index in [2.05, 4.69) is 10.3 Å². The molecule has 88 valence electrons. The number of carbonyl (C=O) groups excluding carboxylic acids is 1.